The summed E-state index contributed by atoms with van der Waals surface area (Å²) in [7, 11) is 0. The molecule has 0 aliphatic rings. The van der Waals surface area contributed by atoms with E-state index in [2.05, 4.69) is 15.8 Å². The standard InChI is InChI=1S/C24H19Cl2N3O4/c1-14-6-5-7-16(12-14)24(32)33-21-9-4-3-8-18(21)15(2)28-29-23(31)22(30)27-17-10-11-19(25)20(26)13-17/h3-13H,1-2H3,(H,27,30)(H,29,31)/b28-15+. The molecule has 0 aliphatic heterocycles. The zero-order valence-corrected chi connectivity index (χ0v) is 19.2. The first-order valence-corrected chi connectivity index (χ1v) is 10.5. The van der Waals surface area contributed by atoms with Crippen LogP contribution in [0.5, 0.6) is 5.75 Å². The molecule has 9 heteroatoms. The van der Waals surface area contributed by atoms with E-state index in [9.17, 15) is 14.4 Å². The van der Waals surface area contributed by atoms with Gasteiger partial charge in [0.25, 0.3) is 0 Å². The molecule has 0 aliphatic carbocycles. The SMILES string of the molecule is C/C(=N\NC(=O)C(=O)Nc1ccc(Cl)c(Cl)c1)c1ccccc1OC(=O)c1cccc(C)c1. The van der Waals surface area contributed by atoms with E-state index in [1.165, 1.54) is 18.2 Å². The van der Waals surface area contributed by atoms with E-state index in [1.54, 1.807) is 49.4 Å². The average Bonchev–Trinajstić information content (AvgIpc) is 2.80. The third kappa shape index (κ3) is 6.41. The van der Waals surface area contributed by atoms with Crippen molar-refractivity contribution in [1.29, 1.82) is 0 Å². The maximum absolute atomic E-state index is 12.5. The van der Waals surface area contributed by atoms with Crippen molar-refractivity contribution in [3.8, 4) is 5.75 Å². The highest BCUT2D eigenvalue weighted by atomic mass is 35.5. The summed E-state index contributed by atoms with van der Waals surface area (Å²) in [5, 5.41) is 6.92. The summed E-state index contributed by atoms with van der Waals surface area (Å²) in [6.45, 7) is 3.48. The lowest BCUT2D eigenvalue weighted by Crippen LogP contribution is -2.33. The molecular weight excluding hydrogens is 465 g/mol. The molecule has 0 atom stereocenters. The molecule has 168 valence electrons. The monoisotopic (exact) mass is 483 g/mol. The van der Waals surface area contributed by atoms with Crippen LogP contribution in [-0.4, -0.2) is 23.5 Å². The number of anilines is 1. The predicted octanol–water partition coefficient (Wildman–Crippen LogP) is 5.00. The molecule has 0 bridgehead atoms. The molecule has 0 heterocycles. The highest BCUT2D eigenvalue weighted by Gasteiger charge is 2.16. The van der Waals surface area contributed by atoms with E-state index >= 15 is 0 Å². The van der Waals surface area contributed by atoms with Gasteiger partial charge in [-0.1, -0.05) is 53.0 Å². The normalized spacial score (nSPS) is 11.0. The van der Waals surface area contributed by atoms with Gasteiger partial charge >= 0.3 is 17.8 Å². The number of carbonyl (C=O) groups excluding carboxylic acids is 3. The number of carbonyl (C=O) groups is 3. The molecule has 0 radical (unpaired) electrons. The fourth-order valence-electron chi connectivity index (χ4n) is 2.79. The maximum atomic E-state index is 12.5. The third-order valence-electron chi connectivity index (χ3n) is 4.44. The Bertz CT molecular complexity index is 1260. The number of esters is 1. The van der Waals surface area contributed by atoms with Gasteiger partial charge in [0.05, 0.1) is 21.3 Å². The molecule has 3 rings (SSSR count). The molecule has 2 N–H and O–H groups in total. The summed E-state index contributed by atoms with van der Waals surface area (Å²) in [4.78, 5) is 36.8. The summed E-state index contributed by atoms with van der Waals surface area (Å²) in [6.07, 6.45) is 0. The van der Waals surface area contributed by atoms with Gasteiger partial charge in [-0.2, -0.15) is 5.10 Å². The van der Waals surface area contributed by atoms with E-state index in [0.29, 0.717) is 27.5 Å². The lowest BCUT2D eigenvalue weighted by molar-refractivity contribution is -0.136. The van der Waals surface area contributed by atoms with Gasteiger partial charge in [0, 0.05) is 11.3 Å². The number of nitrogens with zero attached hydrogens (tertiary/aromatic N) is 1. The van der Waals surface area contributed by atoms with Crippen LogP contribution >= 0.6 is 23.2 Å². The zero-order valence-electron chi connectivity index (χ0n) is 17.7. The Morgan fingerprint density at radius 3 is 2.36 bits per heavy atom. The Hall–Kier alpha value is -3.68. The summed E-state index contributed by atoms with van der Waals surface area (Å²) in [6, 6.07) is 18.2. The zero-order chi connectivity index (χ0) is 24.0. The Labute approximate surface area is 200 Å². The lowest BCUT2D eigenvalue weighted by atomic mass is 10.1. The van der Waals surface area contributed by atoms with Gasteiger partial charge in [0.2, 0.25) is 0 Å². The number of benzene rings is 3. The van der Waals surface area contributed by atoms with Crippen molar-refractivity contribution in [2.45, 2.75) is 13.8 Å². The minimum atomic E-state index is -0.991. The van der Waals surface area contributed by atoms with Gasteiger partial charge in [0.1, 0.15) is 5.75 Å². The Morgan fingerprint density at radius 1 is 0.879 bits per heavy atom. The Kier molecular flexibility index (Phi) is 7.82. The second-order valence-electron chi connectivity index (χ2n) is 6.98. The second kappa shape index (κ2) is 10.8. The van der Waals surface area contributed by atoms with Crippen molar-refractivity contribution in [2.24, 2.45) is 5.10 Å². The van der Waals surface area contributed by atoms with Crippen LogP contribution in [0.15, 0.2) is 71.8 Å². The number of para-hydroxylation sites is 1. The summed E-state index contributed by atoms with van der Waals surface area (Å²) in [5.74, 6) is -2.19. The maximum Gasteiger partial charge on any atom is 0.343 e. The number of aryl methyl sites for hydroxylation is 1. The van der Waals surface area contributed by atoms with Crippen molar-refractivity contribution in [3.05, 3.63) is 93.5 Å². The van der Waals surface area contributed by atoms with E-state index in [0.717, 1.165) is 5.56 Å². The predicted molar refractivity (Wildman–Crippen MR) is 128 cm³/mol. The molecule has 0 fully saturated rings. The van der Waals surface area contributed by atoms with Crippen LogP contribution in [0.2, 0.25) is 10.0 Å². The first-order valence-electron chi connectivity index (χ1n) is 9.73. The topological polar surface area (TPSA) is 96.9 Å². The summed E-state index contributed by atoms with van der Waals surface area (Å²) < 4.78 is 5.53. The first kappa shape index (κ1) is 24.0. The van der Waals surface area contributed by atoms with Crippen molar-refractivity contribution in [2.75, 3.05) is 5.32 Å². The highest BCUT2D eigenvalue weighted by Crippen LogP contribution is 2.25. The molecule has 2 amide bonds. The highest BCUT2D eigenvalue weighted by molar-refractivity contribution is 6.43. The van der Waals surface area contributed by atoms with Crippen LogP contribution in [0.4, 0.5) is 5.69 Å². The lowest BCUT2D eigenvalue weighted by Gasteiger charge is -2.10. The number of rotatable bonds is 5. The smallest absolute Gasteiger partial charge is 0.343 e. The van der Waals surface area contributed by atoms with Crippen LogP contribution in [0.1, 0.15) is 28.4 Å². The minimum Gasteiger partial charge on any atom is -0.422 e. The molecular formula is C24H19Cl2N3O4. The number of hydrazone groups is 1. The quantitative estimate of drug-likeness (QED) is 0.175. The molecule has 3 aromatic carbocycles. The number of nitrogens with one attached hydrogen (secondary N) is 2. The molecule has 0 saturated heterocycles. The van der Waals surface area contributed by atoms with E-state index < -0.39 is 17.8 Å². The largest absolute Gasteiger partial charge is 0.422 e. The third-order valence-corrected chi connectivity index (χ3v) is 5.18. The van der Waals surface area contributed by atoms with Gasteiger partial charge in [-0.05, 0) is 56.3 Å². The average molecular weight is 484 g/mol. The number of amides is 2. The van der Waals surface area contributed by atoms with Gasteiger partial charge in [-0.3, -0.25) is 9.59 Å². The van der Waals surface area contributed by atoms with Crippen LogP contribution < -0.4 is 15.5 Å². The molecule has 0 aromatic heterocycles. The van der Waals surface area contributed by atoms with Crippen molar-refractivity contribution >= 4 is 52.4 Å². The fraction of sp³-hybridized carbons (Fsp3) is 0.0833. The number of ether oxygens (including phenoxy) is 1. The molecule has 7 nitrogen and oxygen atoms in total. The Morgan fingerprint density at radius 2 is 1.64 bits per heavy atom. The van der Waals surface area contributed by atoms with Crippen LogP contribution in [-0.2, 0) is 9.59 Å². The first-order chi connectivity index (χ1) is 15.7. The number of hydrogen-bond donors (Lipinski definition) is 2. The number of hydrogen-bond acceptors (Lipinski definition) is 5. The van der Waals surface area contributed by atoms with E-state index in [4.69, 9.17) is 27.9 Å². The fourth-order valence-corrected chi connectivity index (χ4v) is 3.09. The molecule has 0 saturated carbocycles. The van der Waals surface area contributed by atoms with E-state index in [1.807, 2.05) is 13.0 Å². The summed E-state index contributed by atoms with van der Waals surface area (Å²) >= 11 is 11.7. The molecule has 0 unspecified atom stereocenters. The Balaban J connectivity index is 1.69. The molecule has 33 heavy (non-hydrogen) atoms. The van der Waals surface area contributed by atoms with Crippen LogP contribution in [0, 0.1) is 6.92 Å². The number of halogens is 2. The van der Waals surface area contributed by atoms with Crippen molar-refractivity contribution in [3.63, 3.8) is 0 Å². The molecule has 0 spiro atoms. The van der Waals surface area contributed by atoms with Crippen molar-refractivity contribution < 1.29 is 19.1 Å². The van der Waals surface area contributed by atoms with Gasteiger partial charge < -0.3 is 10.1 Å². The minimum absolute atomic E-state index is 0.237. The van der Waals surface area contributed by atoms with Gasteiger partial charge in [-0.15, -0.1) is 0 Å². The van der Waals surface area contributed by atoms with Crippen LogP contribution in [0.25, 0.3) is 0 Å². The molecule has 3 aromatic rings. The van der Waals surface area contributed by atoms with Crippen molar-refractivity contribution in [1.82, 2.24) is 5.43 Å². The van der Waals surface area contributed by atoms with Crippen LogP contribution in [0.3, 0.4) is 0 Å². The summed E-state index contributed by atoms with van der Waals surface area (Å²) in [5.41, 5.74) is 4.63. The van der Waals surface area contributed by atoms with E-state index in [-0.39, 0.29) is 10.8 Å². The second-order valence-corrected chi connectivity index (χ2v) is 7.79. The van der Waals surface area contributed by atoms with Gasteiger partial charge in [0.15, 0.2) is 0 Å². The van der Waals surface area contributed by atoms with Gasteiger partial charge in [-0.25, -0.2) is 10.2 Å².